The Bertz CT molecular complexity index is 1090. The Morgan fingerprint density at radius 2 is 1.55 bits per heavy atom. The van der Waals surface area contributed by atoms with E-state index in [0.29, 0.717) is 26.4 Å². The molecule has 1 heterocycles. The molecule has 0 saturated carbocycles. The van der Waals surface area contributed by atoms with Gasteiger partial charge in [0.05, 0.1) is 13.2 Å². The number of amides is 1. The van der Waals surface area contributed by atoms with Crippen LogP contribution in [0.4, 0.5) is 4.79 Å². The van der Waals surface area contributed by atoms with Crippen molar-refractivity contribution in [2.45, 2.75) is 18.6 Å². The quantitative estimate of drug-likeness (QED) is 0.480. The van der Waals surface area contributed by atoms with Gasteiger partial charge in [0, 0.05) is 18.0 Å². The molecule has 1 fully saturated rings. The highest BCUT2D eigenvalue weighted by Gasteiger charge is 2.28. The summed E-state index contributed by atoms with van der Waals surface area (Å²) >= 11 is 0. The van der Waals surface area contributed by atoms with Gasteiger partial charge in [0.1, 0.15) is 6.61 Å². The lowest BCUT2D eigenvalue weighted by molar-refractivity contribution is -0.0441. The van der Waals surface area contributed by atoms with Crippen LogP contribution in [-0.4, -0.2) is 32.5 Å². The second-order valence-electron chi connectivity index (χ2n) is 8.18. The van der Waals surface area contributed by atoms with Gasteiger partial charge in [-0.15, -0.1) is 0 Å². The van der Waals surface area contributed by atoms with E-state index < -0.39 is 0 Å². The van der Waals surface area contributed by atoms with Crippen LogP contribution >= 0.6 is 0 Å². The van der Waals surface area contributed by atoms with E-state index in [1.165, 1.54) is 22.3 Å². The summed E-state index contributed by atoms with van der Waals surface area (Å²) in [5.41, 5.74) is 7.00. The van der Waals surface area contributed by atoms with Crippen LogP contribution in [0, 0.1) is 0 Å². The van der Waals surface area contributed by atoms with Crippen LogP contribution in [0.15, 0.2) is 78.9 Å². The lowest BCUT2D eigenvalue weighted by Crippen LogP contribution is -2.26. The summed E-state index contributed by atoms with van der Waals surface area (Å²) in [6.07, 6.45) is 4.18. The molecule has 3 aromatic carbocycles. The molecule has 0 bridgehead atoms. The smallest absolute Gasteiger partial charge is 0.407 e. The maximum absolute atomic E-state index is 12.2. The average molecular weight is 442 g/mol. The molecule has 1 aliphatic heterocycles. The van der Waals surface area contributed by atoms with E-state index in [0.717, 1.165) is 17.5 Å². The Hall–Kier alpha value is -3.41. The van der Waals surface area contributed by atoms with Crippen molar-refractivity contribution in [2.24, 2.45) is 0 Å². The molecule has 1 N–H and O–H groups in total. The Labute approximate surface area is 194 Å². The molecule has 0 unspecified atom stereocenters. The van der Waals surface area contributed by atoms with Gasteiger partial charge in [0.2, 0.25) is 0 Å². The van der Waals surface area contributed by atoms with Crippen molar-refractivity contribution in [3.8, 4) is 11.1 Å². The fourth-order valence-electron chi connectivity index (χ4n) is 4.44. The molecule has 1 amide bonds. The van der Waals surface area contributed by atoms with Crippen molar-refractivity contribution in [3.63, 3.8) is 0 Å². The molecule has 0 aromatic heterocycles. The standard InChI is InChI=1S/C28H27NO4/c30-28(29-16-6-5-7-20-12-14-21(15-13-20)27-31-17-18-32-27)33-19-26-24-10-3-1-8-22(24)23-9-2-4-11-25(23)26/h1-5,7-15,26-27H,6,16-19H2,(H,29,30). The minimum Gasteiger partial charge on any atom is -0.449 e. The molecule has 2 aliphatic rings. The first-order valence-electron chi connectivity index (χ1n) is 11.4. The minimum atomic E-state index is -0.383. The predicted octanol–water partition coefficient (Wildman–Crippen LogP) is 5.67. The first-order valence-corrected chi connectivity index (χ1v) is 11.4. The molecule has 3 aromatic rings. The van der Waals surface area contributed by atoms with E-state index in [9.17, 15) is 4.79 Å². The fraction of sp³-hybridized carbons (Fsp3) is 0.250. The van der Waals surface area contributed by atoms with E-state index in [4.69, 9.17) is 14.2 Å². The number of benzene rings is 3. The molecule has 1 aliphatic carbocycles. The Morgan fingerprint density at radius 3 is 2.21 bits per heavy atom. The van der Waals surface area contributed by atoms with Crippen molar-refractivity contribution < 1.29 is 19.0 Å². The third-order valence-corrected chi connectivity index (χ3v) is 6.06. The molecule has 0 spiro atoms. The molecule has 0 atom stereocenters. The summed E-state index contributed by atoms with van der Waals surface area (Å²) in [6.45, 7) is 2.14. The third-order valence-electron chi connectivity index (χ3n) is 6.06. The van der Waals surface area contributed by atoms with Crippen molar-refractivity contribution in [1.82, 2.24) is 5.32 Å². The van der Waals surface area contributed by atoms with Crippen molar-refractivity contribution in [2.75, 3.05) is 26.4 Å². The second-order valence-corrected chi connectivity index (χ2v) is 8.18. The molecular weight excluding hydrogens is 414 g/mol. The predicted molar refractivity (Wildman–Crippen MR) is 128 cm³/mol. The lowest BCUT2D eigenvalue weighted by Gasteiger charge is -2.14. The van der Waals surface area contributed by atoms with Crippen molar-refractivity contribution in [3.05, 3.63) is 101 Å². The Morgan fingerprint density at radius 1 is 0.909 bits per heavy atom. The molecule has 5 heteroatoms. The molecule has 0 radical (unpaired) electrons. The monoisotopic (exact) mass is 441 g/mol. The summed E-state index contributed by atoms with van der Waals surface area (Å²) < 4.78 is 16.6. The van der Waals surface area contributed by atoms with Crippen LogP contribution in [0.5, 0.6) is 0 Å². The first-order chi connectivity index (χ1) is 16.3. The van der Waals surface area contributed by atoms with E-state index in [1.54, 1.807) is 0 Å². The van der Waals surface area contributed by atoms with Crippen LogP contribution < -0.4 is 5.32 Å². The third kappa shape index (κ3) is 4.85. The summed E-state index contributed by atoms with van der Waals surface area (Å²) in [6, 6.07) is 24.8. The zero-order valence-electron chi connectivity index (χ0n) is 18.4. The van der Waals surface area contributed by atoms with Crippen LogP contribution in [-0.2, 0) is 14.2 Å². The number of carbonyl (C=O) groups is 1. The molecule has 168 valence electrons. The molecule has 5 rings (SSSR count). The summed E-state index contributed by atoms with van der Waals surface area (Å²) in [5, 5.41) is 2.84. The molecule has 1 saturated heterocycles. The SMILES string of the molecule is O=C(NCCC=Cc1ccc(C2OCCO2)cc1)OCC1c2ccccc2-c2ccccc21. The van der Waals surface area contributed by atoms with Crippen molar-refractivity contribution in [1.29, 1.82) is 0 Å². The van der Waals surface area contributed by atoms with Gasteiger partial charge in [0.15, 0.2) is 6.29 Å². The van der Waals surface area contributed by atoms with Gasteiger partial charge >= 0.3 is 6.09 Å². The average Bonchev–Trinajstić information content (AvgIpc) is 3.50. The van der Waals surface area contributed by atoms with Crippen LogP contribution in [0.2, 0.25) is 0 Å². The topological polar surface area (TPSA) is 56.8 Å². The normalized spacial score (nSPS) is 15.5. The lowest BCUT2D eigenvalue weighted by atomic mass is 9.98. The highest BCUT2D eigenvalue weighted by atomic mass is 16.7. The maximum atomic E-state index is 12.2. The maximum Gasteiger partial charge on any atom is 0.407 e. The Balaban J connectivity index is 1.07. The molecule has 5 nitrogen and oxygen atoms in total. The largest absolute Gasteiger partial charge is 0.449 e. The Kier molecular flexibility index (Phi) is 6.51. The zero-order chi connectivity index (χ0) is 22.5. The minimum absolute atomic E-state index is 0.0750. The number of nitrogens with one attached hydrogen (secondary N) is 1. The van der Waals surface area contributed by atoms with Gasteiger partial charge in [-0.3, -0.25) is 0 Å². The van der Waals surface area contributed by atoms with E-state index in [1.807, 2.05) is 60.7 Å². The summed E-state index contributed by atoms with van der Waals surface area (Å²) in [5.74, 6) is 0.0750. The second kappa shape index (κ2) is 10.0. The van der Waals surface area contributed by atoms with E-state index >= 15 is 0 Å². The number of alkyl carbamates (subject to hydrolysis) is 1. The van der Waals surface area contributed by atoms with Gasteiger partial charge in [0.25, 0.3) is 0 Å². The van der Waals surface area contributed by atoms with Gasteiger partial charge in [-0.25, -0.2) is 4.79 Å². The van der Waals surface area contributed by atoms with E-state index in [-0.39, 0.29) is 18.3 Å². The number of fused-ring (bicyclic) bond motifs is 3. The van der Waals surface area contributed by atoms with Gasteiger partial charge in [-0.1, -0.05) is 84.9 Å². The van der Waals surface area contributed by atoms with Crippen LogP contribution in [0.25, 0.3) is 17.2 Å². The number of rotatable bonds is 7. The van der Waals surface area contributed by atoms with Crippen LogP contribution in [0.3, 0.4) is 0 Å². The molecular formula is C28H27NO4. The summed E-state index contributed by atoms with van der Waals surface area (Å²) in [4.78, 5) is 12.2. The number of hydrogen-bond acceptors (Lipinski definition) is 4. The highest BCUT2D eigenvalue weighted by Crippen LogP contribution is 2.44. The first kappa shape index (κ1) is 21.4. The summed E-state index contributed by atoms with van der Waals surface area (Å²) in [7, 11) is 0. The van der Waals surface area contributed by atoms with Crippen LogP contribution in [0.1, 0.15) is 40.9 Å². The van der Waals surface area contributed by atoms with E-state index in [2.05, 4.69) is 29.6 Å². The number of carbonyl (C=O) groups excluding carboxylic acids is 1. The van der Waals surface area contributed by atoms with Crippen molar-refractivity contribution >= 4 is 12.2 Å². The fourth-order valence-corrected chi connectivity index (χ4v) is 4.44. The van der Waals surface area contributed by atoms with Gasteiger partial charge < -0.3 is 19.5 Å². The number of ether oxygens (including phenoxy) is 3. The zero-order valence-corrected chi connectivity index (χ0v) is 18.4. The molecule has 33 heavy (non-hydrogen) atoms. The highest BCUT2D eigenvalue weighted by molar-refractivity contribution is 5.79. The number of hydrogen-bond donors (Lipinski definition) is 1. The van der Waals surface area contributed by atoms with Gasteiger partial charge in [-0.05, 0) is 34.2 Å². The van der Waals surface area contributed by atoms with Gasteiger partial charge in [-0.2, -0.15) is 0 Å².